The third-order valence-electron chi connectivity index (χ3n) is 6.04. The molecule has 33 heavy (non-hydrogen) atoms. The molecule has 5 heteroatoms. The van der Waals surface area contributed by atoms with Gasteiger partial charge in [0.25, 0.3) is 10.1 Å². The fraction of sp³-hybridized carbons (Fsp3) is 0.571. The van der Waals surface area contributed by atoms with Crippen LogP contribution in [0.15, 0.2) is 53.4 Å². The SMILES string of the molecule is CCCCCCCCCCCCCCCCc1cc(Oc2ccccc2)cc(S(=O)(=O)O)c1. The molecule has 0 aromatic heterocycles. The minimum absolute atomic E-state index is 0.115. The van der Waals surface area contributed by atoms with E-state index in [-0.39, 0.29) is 4.90 Å². The van der Waals surface area contributed by atoms with E-state index in [2.05, 4.69) is 6.92 Å². The van der Waals surface area contributed by atoms with Crippen molar-refractivity contribution < 1.29 is 17.7 Å². The molecule has 0 aliphatic carbocycles. The van der Waals surface area contributed by atoms with Crippen molar-refractivity contribution in [1.82, 2.24) is 0 Å². The third kappa shape index (κ3) is 12.3. The van der Waals surface area contributed by atoms with Crippen LogP contribution in [0.25, 0.3) is 0 Å². The lowest BCUT2D eigenvalue weighted by Crippen LogP contribution is -2.00. The molecule has 0 aliphatic heterocycles. The van der Waals surface area contributed by atoms with Crippen molar-refractivity contribution in [3.05, 3.63) is 54.1 Å². The Morgan fingerprint density at radius 3 is 1.70 bits per heavy atom. The highest BCUT2D eigenvalue weighted by Crippen LogP contribution is 2.27. The Morgan fingerprint density at radius 2 is 1.18 bits per heavy atom. The van der Waals surface area contributed by atoms with Gasteiger partial charge in [-0.1, -0.05) is 109 Å². The monoisotopic (exact) mass is 474 g/mol. The van der Waals surface area contributed by atoms with Crippen LogP contribution in [0.4, 0.5) is 0 Å². The first kappa shape index (κ1) is 27.4. The number of aryl methyl sites for hydroxylation is 1. The zero-order chi connectivity index (χ0) is 23.8. The van der Waals surface area contributed by atoms with E-state index in [9.17, 15) is 13.0 Å². The second-order valence-corrected chi connectivity index (χ2v) is 10.5. The van der Waals surface area contributed by atoms with Gasteiger partial charge in [0.05, 0.1) is 4.90 Å². The van der Waals surface area contributed by atoms with Crippen LogP contribution < -0.4 is 4.74 Å². The van der Waals surface area contributed by atoms with Crippen LogP contribution in [0.1, 0.15) is 102 Å². The minimum atomic E-state index is -4.28. The molecule has 1 N–H and O–H groups in total. The van der Waals surface area contributed by atoms with E-state index >= 15 is 0 Å². The molecule has 0 radical (unpaired) electrons. The molecular weight excluding hydrogens is 432 g/mol. The van der Waals surface area contributed by atoms with E-state index in [0.717, 1.165) is 24.8 Å². The van der Waals surface area contributed by atoms with Crippen molar-refractivity contribution in [2.45, 2.75) is 108 Å². The van der Waals surface area contributed by atoms with Crippen molar-refractivity contribution in [3.8, 4) is 11.5 Å². The summed E-state index contributed by atoms with van der Waals surface area (Å²) < 4.78 is 38.7. The summed E-state index contributed by atoms with van der Waals surface area (Å²) in [6, 6.07) is 14.0. The molecule has 184 valence electrons. The van der Waals surface area contributed by atoms with Gasteiger partial charge >= 0.3 is 0 Å². The van der Waals surface area contributed by atoms with Crippen LogP contribution in [-0.4, -0.2) is 13.0 Å². The molecule has 4 nitrogen and oxygen atoms in total. The highest BCUT2D eigenvalue weighted by Gasteiger charge is 2.13. The van der Waals surface area contributed by atoms with Crippen molar-refractivity contribution in [1.29, 1.82) is 0 Å². The predicted molar refractivity (Wildman–Crippen MR) is 137 cm³/mol. The Hall–Kier alpha value is -1.85. The summed E-state index contributed by atoms with van der Waals surface area (Å²) in [5, 5.41) is 0. The number of unbranched alkanes of at least 4 members (excludes halogenated alkanes) is 13. The van der Waals surface area contributed by atoms with E-state index in [4.69, 9.17) is 4.74 Å². The van der Waals surface area contributed by atoms with Gasteiger partial charge < -0.3 is 4.74 Å². The Labute approximate surface area is 201 Å². The molecule has 2 rings (SSSR count). The standard InChI is InChI=1S/C28H42O4S/c1-2-3-4-5-6-7-8-9-10-11-12-13-14-16-19-25-22-27(24-28(23-25)33(29,30)31)32-26-20-17-15-18-21-26/h15,17-18,20-24H,2-14,16,19H2,1H3,(H,29,30,31). The zero-order valence-electron chi connectivity index (χ0n) is 20.3. The topological polar surface area (TPSA) is 63.6 Å². The van der Waals surface area contributed by atoms with Gasteiger partial charge in [0.15, 0.2) is 0 Å². The summed E-state index contributed by atoms with van der Waals surface area (Å²) in [7, 11) is -4.28. The molecule has 0 saturated carbocycles. The van der Waals surface area contributed by atoms with E-state index in [1.54, 1.807) is 6.07 Å². The van der Waals surface area contributed by atoms with E-state index in [1.807, 2.05) is 36.4 Å². The second-order valence-electron chi connectivity index (χ2n) is 9.05. The highest BCUT2D eigenvalue weighted by molar-refractivity contribution is 7.85. The number of para-hydroxylation sites is 1. The Kier molecular flexibility index (Phi) is 13.2. The van der Waals surface area contributed by atoms with E-state index in [1.165, 1.54) is 83.1 Å². The molecule has 0 heterocycles. The number of hydrogen-bond donors (Lipinski definition) is 1. The van der Waals surface area contributed by atoms with Crippen molar-refractivity contribution >= 4 is 10.1 Å². The highest BCUT2D eigenvalue weighted by atomic mass is 32.2. The molecule has 0 saturated heterocycles. The molecule has 0 aliphatic rings. The maximum atomic E-state index is 11.7. The van der Waals surface area contributed by atoms with Crippen molar-refractivity contribution in [3.63, 3.8) is 0 Å². The van der Waals surface area contributed by atoms with Crippen LogP contribution in [0.3, 0.4) is 0 Å². The third-order valence-corrected chi connectivity index (χ3v) is 6.87. The van der Waals surface area contributed by atoms with Gasteiger partial charge in [-0.2, -0.15) is 8.42 Å². The maximum absolute atomic E-state index is 11.7. The molecule has 0 fully saturated rings. The fourth-order valence-corrected chi connectivity index (χ4v) is 4.70. The minimum Gasteiger partial charge on any atom is -0.457 e. The summed E-state index contributed by atoms with van der Waals surface area (Å²) >= 11 is 0. The van der Waals surface area contributed by atoms with E-state index in [0.29, 0.717) is 11.5 Å². The number of ether oxygens (including phenoxy) is 1. The quantitative estimate of drug-likeness (QED) is 0.173. The Balaban J connectivity index is 1.65. The van der Waals surface area contributed by atoms with Crippen molar-refractivity contribution in [2.75, 3.05) is 0 Å². The van der Waals surface area contributed by atoms with Gasteiger partial charge in [-0.15, -0.1) is 0 Å². The number of hydrogen-bond acceptors (Lipinski definition) is 3. The number of benzene rings is 2. The van der Waals surface area contributed by atoms with E-state index < -0.39 is 10.1 Å². The van der Waals surface area contributed by atoms with Gasteiger partial charge in [0, 0.05) is 6.07 Å². The van der Waals surface area contributed by atoms with Crippen LogP contribution >= 0.6 is 0 Å². The van der Waals surface area contributed by atoms with Gasteiger partial charge in [-0.05, 0) is 42.7 Å². The zero-order valence-corrected chi connectivity index (χ0v) is 21.1. The smallest absolute Gasteiger partial charge is 0.294 e. The summed E-state index contributed by atoms with van der Waals surface area (Å²) in [6.07, 6.45) is 19.1. The van der Waals surface area contributed by atoms with Crippen LogP contribution in [0.5, 0.6) is 11.5 Å². The number of rotatable bonds is 18. The lowest BCUT2D eigenvalue weighted by atomic mass is 10.0. The Bertz CT molecular complexity index is 878. The molecule has 2 aromatic rings. The molecule has 0 unspecified atom stereocenters. The molecule has 0 spiro atoms. The van der Waals surface area contributed by atoms with Gasteiger partial charge in [-0.3, -0.25) is 4.55 Å². The van der Waals surface area contributed by atoms with Gasteiger partial charge in [0.1, 0.15) is 11.5 Å². The first-order valence-corrected chi connectivity index (χ1v) is 14.3. The fourth-order valence-electron chi connectivity index (χ4n) is 4.13. The summed E-state index contributed by atoms with van der Waals surface area (Å²) in [5.41, 5.74) is 0.870. The Morgan fingerprint density at radius 1 is 0.667 bits per heavy atom. The molecular formula is C28H42O4S. The van der Waals surface area contributed by atoms with Crippen LogP contribution in [0.2, 0.25) is 0 Å². The lowest BCUT2D eigenvalue weighted by Gasteiger charge is -2.10. The van der Waals surface area contributed by atoms with Gasteiger partial charge in [-0.25, -0.2) is 0 Å². The average molecular weight is 475 g/mol. The van der Waals surface area contributed by atoms with Crippen LogP contribution in [0, 0.1) is 0 Å². The summed E-state index contributed by atoms with van der Waals surface area (Å²) in [6.45, 7) is 2.26. The maximum Gasteiger partial charge on any atom is 0.294 e. The molecule has 0 atom stereocenters. The average Bonchev–Trinajstić information content (AvgIpc) is 2.79. The molecule has 0 bridgehead atoms. The summed E-state index contributed by atoms with van der Waals surface area (Å²) in [5.74, 6) is 1.06. The largest absolute Gasteiger partial charge is 0.457 e. The van der Waals surface area contributed by atoms with Gasteiger partial charge in [0.2, 0.25) is 0 Å². The first-order chi connectivity index (χ1) is 16.0. The lowest BCUT2D eigenvalue weighted by molar-refractivity contribution is 0.470. The first-order valence-electron chi connectivity index (χ1n) is 12.8. The summed E-state index contributed by atoms with van der Waals surface area (Å²) in [4.78, 5) is -0.115. The normalized spacial score (nSPS) is 11.6. The molecule has 0 amide bonds. The van der Waals surface area contributed by atoms with Crippen molar-refractivity contribution in [2.24, 2.45) is 0 Å². The second kappa shape index (κ2) is 15.9. The van der Waals surface area contributed by atoms with Crippen LogP contribution in [-0.2, 0) is 16.5 Å². The predicted octanol–water partition coefficient (Wildman–Crippen LogP) is 8.75. The molecule has 2 aromatic carbocycles.